The fourth-order valence-corrected chi connectivity index (χ4v) is 3.75. The van der Waals surface area contributed by atoms with Crippen molar-refractivity contribution in [1.82, 2.24) is 4.98 Å². The van der Waals surface area contributed by atoms with Gasteiger partial charge in [-0.1, -0.05) is 22.9 Å². The topological polar surface area (TPSA) is 51.7 Å². The molecule has 0 fully saturated rings. The molecule has 3 rings (SSSR count). The van der Waals surface area contributed by atoms with Crippen LogP contribution in [-0.2, 0) is 4.79 Å². The quantitative estimate of drug-likeness (QED) is 0.542. The second-order valence-corrected chi connectivity index (χ2v) is 7.12. The van der Waals surface area contributed by atoms with E-state index in [9.17, 15) is 4.79 Å². The third-order valence-electron chi connectivity index (χ3n) is 3.94. The standard InChI is InChI=1S/C20H19ClN2O3S/c1-4-23(20-22-17-11-14(21)6-7-18(17)27-20)19(24)8-5-13-9-15(25-2)12-16(10-13)26-3/h5-12H,4H2,1-3H3/b8-5+. The summed E-state index contributed by atoms with van der Waals surface area (Å²) in [7, 11) is 3.18. The molecule has 2 aromatic carbocycles. The molecule has 0 saturated carbocycles. The number of anilines is 1. The van der Waals surface area contributed by atoms with Gasteiger partial charge in [-0.25, -0.2) is 4.98 Å². The summed E-state index contributed by atoms with van der Waals surface area (Å²) in [6.45, 7) is 2.43. The van der Waals surface area contributed by atoms with Gasteiger partial charge in [0.25, 0.3) is 5.91 Å². The molecule has 0 unspecified atom stereocenters. The Morgan fingerprint density at radius 3 is 2.52 bits per heavy atom. The molecule has 3 aromatic rings. The Hall–Kier alpha value is -2.57. The predicted octanol–water partition coefficient (Wildman–Crippen LogP) is 5.03. The number of aromatic nitrogens is 1. The van der Waals surface area contributed by atoms with Gasteiger partial charge in [0, 0.05) is 23.7 Å². The maximum Gasteiger partial charge on any atom is 0.252 e. The zero-order valence-electron chi connectivity index (χ0n) is 15.2. The van der Waals surface area contributed by atoms with E-state index in [0.717, 1.165) is 15.8 Å². The maximum absolute atomic E-state index is 12.7. The summed E-state index contributed by atoms with van der Waals surface area (Å²) < 4.78 is 11.5. The summed E-state index contributed by atoms with van der Waals surface area (Å²) in [5.41, 5.74) is 1.60. The number of carbonyl (C=O) groups excluding carboxylic acids is 1. The first-order valence-electron chi connectivity index (χ1n) is 8.32. The first-order valence-corrected chi connectivity index (χ1v) is 9.52. The molecule has 1 aromatic heterocycles. The molecule has 0 bridgehead atoms. The smallest absolute Gasteiger partial charge is 0.252 e. The van der Waals surface area contributed by atoms with Crippen molar-refractivity contribution in [1.29, 1.82) is 0 Å². The Morgan fingerprint density at radius 2 is 1.89 bits per heavy atom. The Kier molecular flexibility index (Phi) is 5.98. The molecule has 0 radical (unpaired) electrons. The summed E-state index contributed by atoms with van der Waals surface area (Å²) in [4.78, 5) is 18.9. The molecule has 0 spiro atoms. The fourth-order valence-electron chi connectivity index (χ4n) is 2.57. The van der Waals surface area contributed by atoms with Crippen molar-refractivity contribution in [3.8, 4) is 11.5 Å². The van der Waals surface area contributed by atoms with Crippen molar-refractivity contribution in [2.45, 2.75) is 6.92 Å². The first kappa shape index (κ1) is 19.2. The number of ether oxygens (including phenoxy) is 2. The number of hydrogen-bond donors (Lipinski definition) is 0. The Labute approximate surface area is 166 Å². The van der Waals surface area contributed by atoms with Crippen LogP contribution >= 0.6 is 22.9 Å². The highest BCUT2D eigenvalue weighted by atomic mass is 35.5. The minimum Gasteiger partial charge on any atom is -0.497 e. The van der Waals surface area contributed by atoms with Gasteiger partial charge < -0.3 is 9.47 Å². The number of carbonyl (C=O) groups is 1. The Morgan fingerprint density at radius 1 is 1.19 bits per heavy atom. The summed E-state index contributed by atoms with van der Waals surface area (Å²) in [5.74, 6) is 1.18. The molecule has 1 amide bonds. The van der Waals surface area contributed by atoms with E-state index in [1.54, 1.807) is 37.3 Å². The van der Waals surface area contributed by atoms with Gasteiger partial charge in [-0.15, -0.1) is 0 Å². The lowest BCUT2D eigenvalue weighted by Gasteiger charge is -2.15. The molecule has 0 aliphatic carbocycles. The van der Waals surface area contributed by atoms with Crippen LogP contribution in [0.15, 0.2) is 42.5 Å². The Balaban J connectivity index is 1.85. The van der Waals surface area contributed by atoms with E-state index in [2.05, 4.69) is 4.98 Å². The molecule has 0 N–H and O–H groups in total. The van der Waals surface area contributed by atoms with E-state index >= 15 is 0 Å². The van der Waals surface area contributed by atoms with Crippen LogP contribution in [0.3, 0.4) is 0 Å². The van der Waals surface area contributed by atoms with Gasteiger partial charge in [-0.3, -0.25) is 9.69 Å². The monoisotopic (exact) mass is 402 g/mol. The number of fused-ring (bicyclic) bond motifs is 1. The summed E-state index contributed by atoms with van der Waals surface area (Å²) in [6.07, 6.45) is 3.26. The zero-order chi connectivity index (χ0) is 19.4. The number of thiazole rings is 1. The molecular weight excluding hydrogens is 384 g/mol. The third kappa shape index (κ3) is 4.40. The third-order valence-corrected chi connectivity index (χ3v) is 5.24. The lowest BCUT2D eigenvalue weighted by Crippen LogP contribution is -2.28. The van der Waals surface area contributed by atoms with Gasteiger partial charge in [0.15, 0.2) is 5.13 Å². The van der Waals surface area contributed by atoms with Gasteiger partial charge in [0.1, 0.15) is 11.5 Å². The fraction of sp³-hybridized carbons (Fsp3) is 0.200. The number of methoxy groups -OCH3 is 2. The number of rotatable bonds is 6. The lowest BCUT2D eigenvalue weighted by atomic mass is 10.2. The van der Waals surface area contributed by atoms with Gasteiger partial charge in [0.2, 0.25) is 0 Å². The number of amides is 1. The zero-order valence-corrected chi connectivity index (χ0v) is 16.8. The molecule has 0 saturated heterocycles. The summed E-state index contributed by atoms with van der Waals surface area (Å²) >= 11 is 7.49. The molecular formula is C20H19ClN2O3S. The predicted molar refractivity (Wildman–Crippen MR) is 111 cm³/mol. The van der Waals surface area contributed by atoms with E-state index < -0.39 is 0 Å². The minimum atomic E-state index is -0.149. The van der Waals surface area contributed by atoms with Crippen molar-refractivity contribution >= 4 is 50.3 Å². The molecule has 27 heavy (non-hydrogen) atoms. The maximum atomic E-state index is 12.7. The van der Waals surface area contributed by atoms with Gasteiger partial charge in [-0.05, 0) is 48.9 Å². The van der Waals surface area contributed by atoms with E-state index in [0.29, 0.717) is 28.2 Å². The highest BCUT2D eigenvalue weighted by Crippen LogP contribution is 2.31. The molecule has 5 nitrogen and oxygen atoms in total. The average Bonchev–Trinajstić information content (AvgIpc) is 3.09. The van der Waals surface area contributed by atoms with Crippen molar-refractivity contribution in [3.63, 3.8) is 0 Å². The molecule has 0 aliphatic heterocycles. The number of nitrogens with zero attached hydrogens (tertiary/aromatic N) is 2. The van der Waals surface area contributed by atoms with E-state index in [4.69, 9.17) is 21.1 Å². The van der Waals surface area contributed by atoms with Crippen LogP contribution in [0.1, 0.15) is 12.5 Å². The van der Waals surface area contributed by atoms with E-state index in [1.807, 2.05) is 31.2 Å². The van der Waals surface area contributed by atoms with E-state index in [1.165, 1.54) is 17.4 Å². The number of hydrogen-bond acceptors (Lipinski definition) is 5. The summed E-state index contributed by atoms with van der Waals surface area (Å²) in [5, 5.41) is 1.27. The van der Waals surface area contributed by atoms with Gasteiger partial charge in [0.05, 0.1) is 24.4 Å². The van der Waals surface area contributed by atoms with Gasteiger partial charge >= 0.3 is 0 Å². The molecule has 140 valence electrons. The highest BCUT2D eigenvalue weighted by molar-refractivity contribution is 7.22. The average molecular weight is 403 g/mol. The lowest BCUT2D eigenvalue weighted by molar-refractivity contribution is -0.114. The normalized spacial score (nSPS) is 11.1. The molecule has 1 heterocycles. The summed E-state index contributed by atoms with van der Waals surface area (Å²) in [6, 6.07) is 11.0. The second-order valence-electron chi connectivity index (χ2n) is 5.67. The van der Waals surface area contributed by atoms with E-state index in [-0.39, 0.29) is 5.91 Å². The number of halogens is 1. The molecule has 7 heteroatoms. The minimum absolute atomic E-state index is 0.149. The largest absolute Gasteiger partial charge is 0.497 e. The second kappa shape index (κ2) is 8.41. The van der Waals surface area contributed by atoms with Crippen LogP contribution in [0.2, 0.25) is 5.02 Å². The van der Waals surface area contributed by atoms with Crippen molar-refractivity contribution in [3.05, 3.63) is 53.1 Å². The van der Waals surface area contributed by atoms with Crippen LogP contribution in [0.5, 0.6) is 11.5 Å². The number of likely N-dealkylation sites (N-methyl/N-ethyl adjacent to an activating group) is 1. The highest BCUT2D eigenvalue weighted by Gasteiger charge is 2.16. The van der Waals surface area contributed by atoms with Crippen molar-refractivity contribution in [2.24, 2.45) is 0 Å². The molecule has 0 atom stereocenters. The van der Waals surface area contributed by atoms with Gasteiger partial charge in [-0.2, -0.15) is 0 Å². The van der Waals surface area contributed by atoms with Crippen LogP contribution in [-0.4, -0.2) is 31.7 Å². The van der Waals surface area contributed by atoms with Crippen LogP contribution in [0.25, 0.3) is 16.3 Å². The van der Waals surface area contributed by atoms with Crippen LogP contribution < -0.4 is 14.4 Å². The van der Waals surface area contributed by atoms with Crippen molar-refractivity contribution < 1.29 is 14.3 Å². The number of benzene rings is 2. The molecule has 0 aliphatic rings. The van der Waals surface area contributed by atoms with Crippen LogP contribution in [0.4, 0.5) is 5.13 Å². The first-order chi connectivity index (χ1) is 13.0. The Bertz CT molecular complexity index is 978. The van der Waals surface area contributed by atoms with Crippen LogP contribution in [0, 0.1) is 0 Å². The SMILES string of the molecule is CCN(C(=O)/C=C/c1cc(OC)cc(OC)c1)c1nc2cc(Cl)ccc2s1. The van der Waals surface area contributed by atoms with Crippen molar-refractivity contribution in [2.75, 3.05) is 25.7 Å².